The Morgan fingerprint density at radius 2 is 1.54 bits per heavy atom. The average molecular weight is 347 g/mol. The van der Waals surface area contributed by atoms with E-state index >= 15 is 0 Å². The molecule has 3 aromatic rings. The second kappa shape index (κ2) is 9.08. The predicted molar refractivity (Wildman–Crippen MR) is 105 cm³/mol. The Hall–Kier alpha value is -2.76. The molecule has 0 bridgehead atoms. The number of benzene rings is 3. The van der Waals surface area contributed by atoms with Crippen molar-refractivity contribution in [1.82, 2.24) is 5.23 Å². The van der Waals surface area contributed by atoms with Gasteiger partial charge in [0.15, 0.2) is 0 Å². The van der Waals surface area contributed by atoms with Gasteiger partial charge < -0.3 is 19.7 Å². The first-order valence-corrected chi connectivity index (χ1v) is 8.65. The Morgan fingerprint density at radius 1 is 0.846 bits per heavy atom. The summed E-state index contributed by atoms with van der Waals surface area (Å²) in [5.41, 5.74) is 1.90. The number of rotatable bonds is 8. The van der Waals surface area contributed by atoms with Crippen LogP contribution in [0.15, 0.2) is 78.9 Å². The normalized spacial score (nSPS) is 10.4. The molecule has 0 aliphatic carbocycles. The average Bonchev–Trinajstić information content (AvgIpc) is 2.70. The van der Waals surface area contributed by atoms with E-state index < -0.39 is 7.05 Å². The van der Waals surface area contributed by atoms with Crippen LogP contribution in [-0.4, -0.2) is 25.7 Å². The van der Waals surface area contributed by atoms with Gasteiger partial charge in [0.05, 0.1) is 6.61 Å². The Morgan fingerprint density at radius 3 is 2.27 bits per heavy atom. The molecule has 5 heteroatoms. The van der Waals surface area contributed by atoms with Gasteiger partial charge in [0.25, 0.3) is 0 Å². The molecule has 3 aromatic carbocycles. The van der Waals surface area contributed by atoms with Crippen molar-refractivity contribution in [3.8, 4) is 17.2 Å². The topological polar surface area (TPSA) is 50.7 Å². The molecule has 0 amide bonds. The fraction of sp³-hybridized carbons (Fsp3) is 0.143. The van der Waals surface area contributed by atoms with E-state index in [1.54, 1.807) is 7.05 Å². The zero-order valence-corrected chi connectivity index (χ0v) is 14.8. The van der Waals surface area contributed by atoms with Gasteiger partial charge >= 0.3 is 7.05 Å². The Kier molecular flexibility index (Phi) is 6.31. The predicted octanol–water partition coefficient (Wildman–Crippen LogP) is 3.01. The van der Waals surface area contributed by atoms with Crippen molar-refractivity contribution in [1.29, 1.82) is 0 Å². The summed E-state index contributed by atoms with van der Waals surface area (Å²) >= 11 is 0. The molecule has 0 aromatic heterocycles. The zero-order valence-electron chi connectivity index (χ0n) is 14.8. The van der Waals surface area contributed by atoms with Crippen LogP contribution in [-0.2, 0) is 6.42 Å². The van der Waals surface area contributed by atoms with E-state index in [-0.39, 0.29) is 0 Å². The first-order chi connectivity index (χ1) is 12.8. The highest BCUT2D eigenvalue weighted by molar-refractivity contribution is 6.63. The minimum atomic E-state index is -0.661. The fourth-order valence-corrected chi connectivity index (χ4v) is 2.62. The molecule has 2 N–H and O–H groups in total. The van der Waals surface area contributed by atoms with Crippen LogP contribution in [0.4, 0.5) is 0 Å². The molecule has 26 heavy (non-hydrogen) atoms. The van der Waals surface area contributed by atoms with Gasteiger partial charge in [0.2, 0.25) is 0 Å². The van der Waals surface area contributed by atoms with E-state index in [2.05, 4.69) is 5.23 Å². The maximum absolute atomic E-state index is 9.73. The third-order valence-electron chi connectivity index (χ3n) is 4.05. The minimum Gasteiger partial charge on any atom is -0.493 e. The van der Waals surface area contributed by atoms with E-state index in [9.17, 15) is 5.02 Å². The summed E-state index contributed by atoms with van der Waals surface area (Å²) in [6.07, 6.45) is 0.740. The first kappa shape index (κ1) is 18.0. The summed E-state index contributed by atoms with van der Waals surface area (Å²) in [5.74, 6) is 2.44. The van der Waals surface area contributed by atoms with Crippen LogP contribution in [0.2, 0.25) is 0 Å². The van der Waals surface area contributed by atoms with Gasteiger partial charge in [-0.05, 0) is 48.4 Å². The molecule has 0 atom stereocenters. The molecule has 0 saturated carbocycles. The van der Waals surface area contributed by atoms with Gasteiger partial charge in [-0.3, -0.25) is 0 Å². The van der Waals surface area contributed by atoms with Gasteiger partial charge in [0, 0.05) is 6.42 Å². The van der Waals surface area contributed by atoms with Crippen molar-refractivity contribution in [2.75, 3.05) is 13.7 Å². The van der Waals surface area contributed by atoms with Crippen molar-refractivity contribution in [3.63, 3.8) is 0 Å². The van der Waals surface area contributed by atoms with Gasteiger partial charge in [-0.2, -0.15) is 0 Å². The standard InChI is InChI=1S/C21H22BNO3/c1-23-22(24)18-11-13-19(14-12-18)25-16-15-17-7-5-6-10-21(17)26-20-8-3-2-4-9-20/h2-14,23-24H,15-16H2,1H3. The Bertz CT molecular complexity index is 809. The molecule has 3 rings (SSSR count). The Balaban J connectivity index is 1.58. The molecule has 0 saturated heterocycles. The van der Waals surface area contributed by atoms with Crippen LogP contribution in [0.25, 0.3) is 0 Å². The summed E-state index contributed by atoms with van der Waals surface area (Å²) in [5, 5.41) is 12.5. The molecule has 4 nitrogen and oxygen atoms in total. The molecule has 0 fully saturated rings. The Labute approximate surface area is 154 Å². The van der Waals surface area contributed by atoms with E-state index in [0.29, 0.717) is 6.61 Å². The van der Waals surface area contributed by atoms with Crippen LogP contribution in [0.5, 0.6) is 17.2 Å². The third kappa shape index (κ3) is 4.88. The van der Waals surface area contributed by atoms with E-state index in [0.717, 1.165) is 34.7 Å². The van der Waals surface area contributed by atoms with Gasteiger partial charge in [-0.15, -0.1) is 0 Å². The van der Waals surface area contributed by atoms with Gasteiger partial charge in [-0.25, -0.2) is 0 Å². The van der Waals surface area contributed by atoms with Crippen molar-refractivity contribution < 1.29 is 14.5 Å². The lowest BCUT2D eigenvalue weighted by Crippen LogP contribution is -2.42. The van der Waals surface area contributed by atoms with E-state index in [1.807, 2.05) is 78.9 Å². The second-order valence-corrected chi connectivity index (χ2v) is 5.88. The molecule has 0 spiro atoms. The number of para-hydroxylation sites is 2. The number of nitrogens with one attached hydrogen (secondary N) is 1. The van der Waals surface area contributed by atoms with Crippen molar-refractivity contribution in [2.24, 2.45) is 0 Å². The maximum Gasteiger partial charge on any atom is 0.412 e. The summed E-state index contributed by atoms with van der Waals surface area (Å²) in [7, 11) is 1.05. The van der Waals surface area contributed by atoms with Crippen LogP contribution in [0.1, 0.15) is 5.56 Å². The highest BCUT2D eigenvalue weighted by Crippen LogP contribution is 2.25. The van der Waals surface area contributed by atoms with Crippen LogP contribution in [0.3, 0.4) is 0 Å². The van der Waals surface area contributed by atoms with Gasteiger partial charge in [0.1, 0.15) is 17.2 Å². The molecular formula is C21H22BNO3. The minimum absolute atomic E-state index is 0.545. The zero-order chi connectivity index (χ0) is 18.2. The van der Waals surface area contributed by atoms with Crippen molar-refractivity contribution in [3.05, 3.63) is 84.4 Å². The number of ether oxygens (including phenoxy) is 2. The SMILES string of the molecule is CNB(O)c1ccc(OCCc2ccccc2Oc2ccccc2)cc1. The van der Waals surface area contributed by atoms with Gasteiger partial charge in [-0.1, -0.05) is 48.5 Å². The molecule has 132 valence electrons. The molecule has 0 radical (unpaired) electrons. The molecule has 0 aliphatic heterocycles. The van der Waals surface area contributed by atoms with E-state index in [4.69, 9.17) is 9.47 Å². The van der Waals surface area contributed by atoms with Crippen LogP contribution < -0.4 is 20.2 Å². The van der Waals surface area contributed by atoms with E-state index in [1.165, 1.54) is 0 Å². The third-order valence-corrected chi connectivity index (χ3v) is 4.05. The summed E-state index contributed by atoms with van der Waals surface area (Å²) in [4.78, 5) is 0. The quantitative estimate of drug-likeness (QED) is 0.615. The summed E-state index contributed by atoms with van der Waals surface area (Å²) in [6.45, 7) is 0.545. The fourth-order valence-electron chi connectivity index (χ4n) is 2.62. The smallest absolute Gasteiger partial charge is 0.412 e. The lowest BCUT2D eigenvalue weighted by molar-refractivity contribution is 0.320. The second-order valence-electron chi connectivity index (χ2n) is 5.88. The largest absolute Gasteiger partial charge is 0.493 e. The highest BCUT2D eigenvalue weighted by atomic mass is 16.5. The number of hydrogen-bond donors (Lipinski definition) is 2. The molecular weight excluding hydrogens is 325 g/mol. The number of hydrogen-bond acceptors (Lipinski definition) is 4. The van der Waals surface area contributed by atoms with Crippen LogP contribution >= 0.6 is 0 Å². The monoisotopic (exact) mass is 347 g/mol. The maximum atomic E-state index is 9.73. The lowest BCUT2D eigenvalue weighted by Gasteiger charge is -2.12. The summed E-state index contributed by atoms with van der Waals surface area (Å²) < 4.78 is 11.8. The van der Waals surface area contributed by atoms with Crippen LogP contribution in [0, 0.1) is 0 Å². The van der Waals surface area contributed by atoms with Crippen molar-refractivity contribution in [2.45, 2.75) is 6.42 Å². The lowest BCUT2D eigenvalue weighted by atomic mass is 9.75. The molecule has 0 aliphatic rings. The highest BCUT2D eigenvalue weighted by Gasteiger charge is 2.11. The molecule has 0 heterocycles. The first-order valence-electron chi connectivity index (χ1n) is 8.65. The van der Waals surface area contributed by atoms with Crippen molar-refractivity contribution >= 4 is 12.5 Å². The summed E-state index contributed by atoms with van der Waals surface area (Å²) in [6, 6.07) is 25.2. The molecule has 0 unspecified atom stereocenters.